The molecule has 0 unspecified atom stereocenters. The second-order valence-corrected chi connectivity index (χ2v) is 7.89. The first-order valence-corrected chi connectivity index (χ1v) is 10.7. The Morgan fingerprint density at radius 3 is 2.42 bits per heavy atom. The highest BCUT2D eigenvalue weighted by molar-refractivity contribution is 6.30. The van der Waals surface area contributed by atoms with E-state index in [0.29, 0.717) is 21.8 Å². The number of carbonyl (C=O) groups is 1. The molecule has 1 aliphatic heterocycles. The molecule has 2 aromatic carbocycles. The Balaban J connectivity index is 1.72. The lowest BCUT2D eigenvalue weighted by atomic mass is 9.99. The van der Waals surface area contributed by atoms with Gasteiger partial charge in [-0.2, -0.15) is 5.26 Å². The minimum absolute atomic E-state index is 0.0800. The Hall–Kier alpha value is -3.36. The summed E-state index contributed by atoms with van der Waals surface area (Å²) in [6, 6.07) is 21.0. The molecule has 1 fully saturated rings. The summed E-state index contributed by atoms with van der Waals surface area (Å²) >= 11 is 6.05. The van der Waals surface area contributed by atoms with Crippen molar-refractivity contribution in [3.05, 3.63) is 71.2 Å². The molecule has 0 atom stereocenters. The zero-order chi connectivity index (χ0) is 21.6. The van der Waals surface area contributed by atoms with Gasteiger partial charge >= 0.3 is 0 Å². The van der Waals surface area contributed by atoms with Crippen molar-refractivity contribution in [2.24, 2.45) is 0 Å². The standard InChI is InChI=1S/C25H22ClN3O2/c26-20-11-9-18(10-12-20)21-15-23(19-7-3-1-4-8-19)28-25(22(21)16-27)31-17-24(30)29-13-5-2-6-14-29/h1,3-4,7-12,15H,2,5-6,13-14,17H2. The number of aromatic nitrogens is 1. The van der Waals surface area contributed by atoms with Gasteiger partial charge in [-0.05, 0) is 43.0 Å². The van der Waals surface area contributed by atoms with E-state index in [1.165, 1.54) is 0 Å². The molecule has 6 heteroatoms. The predicted molar refractivity (Wildman–Crippen MR) is 121 cm³/mol. The summed E-state index contributed by atoms with van der Waals surface area (Å²) in [5, 5.41) is 10.5. The molecule has 0 spiro atoms. The van der Waals surface area contributed by atoms with Crippen molar-refractivity contribution in [3.63, 3.8) is 0 Å². The molecule has 1 amide bonds. The molecule has 156 valence electrons. The van der Waals surface area contributed by atoms with E-state index in [1.54, 1.807) is 12.1 Å². The molecule has 1 aromatic heterocycles. The first kappa shape index (κ1) is 20.9. The number of ether oxygens (including phenoxy) is 1. The lowest BCUT2D eigenvalue weighted by molar-refractivity contribution is -0.134. The van der Waals surface area contributed by atoms with Crippen LogP contribution in [-0.4, -0.2) is 35.5 Å². The number of likely N-dealkylation sites (tertiary alicyclic amines) is 1. The fourth-order valence-corrected chi connectivity index (χ4v) is 3.84. The van der Waals surface area contributed by atoms with Crippen molar-refractivity contribution in [2.75, 3.05) is 19.7 Å². The van der Waals surface area contributed by atoms with Gasteiger partial charge < -0.3 is 9.64 Å². The average molecular weight is 432 g/mol. The third-order valence-electron chi connectivity index (χ3n) is 5.36. The number of piperidine rings is 1. The highest BCUT2D eigenvalue weighted by atomic mass is 35.5. The molecule has 0 bridgehead atoms. The maximum absolute atomic E-state index is 12.6. The van der Waals surface area contributed by atoms with Crippen molar-refractivity contribution >= 4 is 17.5 Å². The molecular formula is C25H22ClN3O2. The highest BCUT2D eigenvalue weighted by Crippen LogP contribution is 2.34. The summed E-state index contributed by atoms with van der Waals surface area (Å²) in [6.45, 7) is 1.36. The van der Waals surface area contributed by atoms with E-state index in [9.17, 15) is 10.1 Å². The second kappa shape index (κ2) is 9.63. The van der Waals surface area contributed by atoms with E-state index in [2.05, 4.69) is 11.1 Å². The largest absolute Gasteiger partial charge is 0.467 e. The summed E-state index contributed by atoms with van der Waals surface area (Å²) in [4.78, 5) is 19.0. The van der Waals surface area contributed by atoms with Crippen LogP contribution in [0.4, 0.5) is 0 Å². The van der Waals surface area contributed by atoms with E-state index >= 15 is 0 Å². The number of halogens is 1. The first-order valence-electron chi connectivity index (χ1n) is 10.3. The number of hydrogen-bond donors (Lipinski definition) is 0. The van der Waals surface area contributed by atoms with Gasteiger partial charge in [0.15, 0.2) is 6.61 Å². The van der Waals surface area contributed by atoms with E-state index in [4.69, 9.17) is 16.3 Å². The Morgan fingerprint density at radius 1 is 1.03 bits per heavy atom. The van der Waals surface area contributed by atoms with Crippen molar-refractivity contribution in [1.82, 2.24) is 9.88 Å². The molecular weight excluding hydrogens is 410 g/mol. The summed E-state index contributed by atoms with van der Waals surface area (Å²) in [5.41, 5.74) is 3.38. The van der Waals surface area contributed by atoms with E-state index in [1.807, 2.05) is 53.4 Å². The van der Waals surface area contributed by atoms with Crippen molar-refractivity contribution in [3.8, 4) is 34.3 Å². The van der Waals surface area contributed by atoms with Gasteiger partial charge in [0.25, 0.3) is 5.91 Å². The van der Waals surface area contributed by atoms with E-state index in [-0.39, 0.29) is 18.4 Å². The third kappa shape index (κ3) is 4.87. The molecule has 2 heterocycles. The minimum atomic E-state index is -0.139. The van der Waals surface area contributed by atoms with Crippen molar-refractivity contribution in [2.45, 2.75) is 19.3 Å². The van der Waals surface area contributed by atoms with Crippen LogP contribution in [0.2, 0.25) is 5.02 Å². The maximum Gasteiger partial charge on any atom is 0.260 e. The van der Waals surface area contributed by atoms with Crippen LogP contribution < -0.4 is 4.74 Å². The minimum Gasteiger partial charge on any atom is -0.467 e. The van der Waals surface area contributed by atoms with E-state index < -0.39 is 0 Å². The van der Waals surface area contributed by atoms with Gasteiger partial charge in [-0.1, -0.05) is 54.1 Å². The number of pyridine rings is 1. The molecule has 0 saturated carbocycles. The number of benzene rings is 2. The quantitative estimate of drug-likeness (QED) is 0.547. The van der Waals surface area contributed by atoms with Crippen LogP contribution in [0.3, 0.4) is 0 Å². The zero-order valence-electron chi connectivity index (χ0n) is 17.1. The van der Waals surface area contributed by atoms with Gasteiger partial charge in [0, 0.05) is 29.2 Å². The molecule has 31 heavy (non-hydrogen) atoms. The van der Waals surface area contributed by atoms with Gasteiger partial charge in [-0.25, -0.2) is 4.98 Å². The monoisotopic (exact) mass is 431 g/mol. The molecule has 0 N–H and O–H groups in total. The molecule has 5 nitrogen and oxygen atoms in total. The average Bonchev–Trinajstić information content (AvgIpc) is 2.83. The Labute approximate surface area is 186 Å². The third-order valence-corrected chi connectivity index (χ3v) is 5.62. The van der Waals surface area contributed by atoms with E-state index in [0.717, 1.165) is 43.5 Å². The van der Waals surface area contributed by atoms with Crippen LogP contribution >= 0.6 is 11.6 Å². The smallest absolute Gasteiger partial charge is 0.260 e. The maximum atomic E-state index is 12.6. The number of rotatable bonds is 5. The van der Waals surface area contributed by atoms with Crippen LogP contribution in [0.25, 0.3) is 22.4 Å². The Kier molecular flexibility index (Phi) is 6.49. The fraction of sp³-hybridized carbons (Fsp3) is 0.240. The Bertz CT molecular complexity index is 1100. The number of amides is 1. The number of hydrogen-bond acceptors (Lipinski definition) is 4. The molecule has 1 saturated heterocycles. The van der Waals surface area contributed by atoms with Crippen molar-refractivity contribution < 1.29 is 9.53 Å². The predicted octanol–water partition coefficient (Wildman–Crippen LogP) is 5.33. The lowest BCUT2D eigenvalue weighted by Gasteiger charge is -2.26. The van der Waals surface area contributed by atoms with Gasteiger partial charge in [0.2, 0.25) is 5.88 Å². The first-order chi connectivity index (χ1) is 15.2. The lowest BCUT2D eigenvalue weighted by Crippen LogP contribution is -2.38. The molecule has 0 aliphatic carbocycles. The normalized spacial score (nSPS) is 13.5. The molecule has 1 aliphatic rings. The number of nitriles is 1. The van der Waals surface area contributed by atoms with Gasteiger partial charge in [-0.15, -0.1) is 0 Å². The van der Waals surface area contributed by atoms with Gasteiger partial charge in [0.05, 0.1) is 5.69 Å². The van der Waals surface area contributed by atoms with Crippen molar-refractivity contribution in [1.29, 1.82) is 5.26 Å². The van der Waals surface area contributed by atoms with Crippen LogP contribution in [0.15, 0.2) is 60.7 Å². The SMILES string of the molecule is N#Cc1c(-c2ccc(Cl)cc2)cc(-c2ccccc2)nc1OCC(=O)N1CCCCC1. The zero-order valence-corrected chi connectivity index (χ0v) is 17.8. The van der Waals surface area contributed by atoms with Gasteiger partial charge in [0.1, 0.15) is 11.6 Å². The summed E-state index contributed by atoms with van der Waals surface area (Å²) in [6.07, 6.45) is 3.17. The topological polar surface area (TPSA) is 66.2 Å². The molecule has 4 rings (SSSR count). The highest BCUT2D eigenvalue weighted by Gasteiger charge is 2.20. The Morgan fingerprint density at radius 2 is 1.74 bits per heavy atom. The van der Waals surface area contributed by atoms with Crippen LogP contribution in [-0.2, 0) is 4.79 Å². The fourth-order valence-electron chi connectivity index (χ4n) is 3.71. The molecule has 0 radical (unpaired) electrons. The summed E-state index contributed by atoms with van der Waals surface area (Å²) in [7, 11) is 0. The van der Waals surface area contributed by atoms with Crippen LogP contribution in [0.5, 0.6) is 5.88 Å². The molecule has 3 aromatic rings. The summed E-state index contributed by atoms with van der Waals surface area (Å²) < 4.78 is 5.84. The number of nitrogens with zero attached hydrogens (tertiary/aromatic N) is 3. The van der Waals surface area contributed by atoms with Gasteiger partial charge in [-0.3, -0.25) is 4.79 Å². The summed E-state index contributed by atoms with van der Waals surface area (Å²) in [5.74, 6) is 0.0858. The van der Waals surface area contributed by atoms with Crippen LogP contribution in [0.1, 0.15) is 24.8 Å². The second-order valence-electron chi connectivity index (χ2n) is 7.45. The number of carbonyl (C=O) groups excluding carboxylic acids is 1. The van der Waals surface area contributed by atoms with Crippen LogP contribution in [0, 0.1) is 11.3 Å².